The first-order valence-corrected chi connectivity index (χ1v) is 6.50. The molecule has 0 saturated carbocycles. The number of nitrogens with one attached hydrogen (secondary N) is 1. The number of halogens is 1. The molecule has 8 heteroatoms. The maximum Gasteiger partial charge on any atom is 0.334 e. The van der Waals surface area contributed by atoms with Crippen molar-refractivity contribution >= 4 is 17.3 Å². The predicted molar refractivity (Wildman–Crippen MR) is 78.4 cm³/mol. The molecule has 1 heterocycles. The van der Waals surface area contributed by atoms with Gasteiger partial charge >= 0.3 is 5.69 Å². The molecule has 0 atom stereocenters. The predicted octanol–water partition coefficient (Wildman–Crippen LogP) is 2.21. The normalized spacial score (nSPS) is 10.9. The SMILES string of the molecule is CC(C)c1c(Cl)[nH]c(=O)n(-c2ccc([N+](=O)[O-])cc2)c1=O. The molecule has 0 spiro atoms. The van der Waals surface area contributed by atoms with Crippen molar-refractivity contribution < 1.29 is 4.92 Å². The van der Waals surface area contributed by atoms with Gasteiger partial charge in [-0.1, -0.05) is 25.4 Å². The summed E-state index contributed by atoms with van der Waals surface area (Å²) in [7, 11) is 0. The largest absolute Gasteiger partial charge is 0.334 e. The Balaban J connectivity index is 2.69. The maximum atomic E-state index is 12.4. The highest BCUT2D eigenvalue weighted by Gasteiger charge is 2.17. The third-order valence-electron chi connectivity index (χ3n) is 2.99. The van der Waals surface area contributed by atoms with Crippen LogP contribution in [0.1, 0.15) is 25.3 Å². The number of aromatic amines is 1. The third kappa shape index (κ3) is 2.73. The second-order valence-electron chi connectivity index (χ2n) is 4.73. The van der Waals surface area contributed by atoms with Gasteiger partial charge in [-0.2, -0.15) is 0 Å². The lowest BCUT2D eigenvalue weighted by atomic mass is 10.1. The zero-order valence-electron chi connectivity index (χ0n) is 11.3. The average Bonchev–Trinajstić information content (AvgIpc) is 2.38. The second-order valence-corrected chi connectivity index (χ2v) is 5.10. The van der Waals surface area contributed by atoms with Crippen LogP contribution < -0.4 is 11.2 Å². The van der Waals surface area contributed by atoms with E-state index in [1.807, 2.05) is 0 Å². The van der Waals surface area contributed by atoms with E-state index in [0.717, 1.165) is 4.57 Å². The smallest absolute Gasteiger partial charge is 0.297 e. The Morgan fingerprint density at radius 1 is 1.24 bits per heavy atom. The number of H-pyrrole nitrogens is 1. The molecule has 0 aliphatic carbocycles. The van der Waals surface area contributed by atoms with Crippen molar-refractivity contribution in [2.75, 3.05) is 0 Å². The molecule has 2 aromatic rings. The first-order chi connectivity index (χ1) is 9.82. The maximum absolute atomic E-state index is 12.4. The summed E-state index contributed by atoms with van der Waals surface area (Å²) in [6, 6.07) is 5.13. The zero-order valence-corrected chi connectivity index (χ0v) is 12.0. The Kier molecular flexibility index (Phi) is 3.95. The lowest BCUT2D eigenvalue weighted by Gasteiger charge is -2.11. The zero-order chi connectivity index (χ0) is 15.7. The number of hydrogen-bond acceptors (Lipinski definition) is 4. The Hall–Kier alpha value is -2.41. The van der Waals surface area contributed by atoms with Crippen LogP contribution in [0.3, 0.4) is 0 Å². The lowest BCUT2D eigenvalue weighted by Crippen LogP contribution is -2.36. The van der Waals surface area contributed by atoms with Crippen LogP contribution in [0.5, 0.6) is 0 Å². The van der Waals surface area contributed by atoms with Crippen molar-refractivity contribution in [3.63, 3.8) is 0 Å². The van der Waals surface area contributed by atoms with Gasteiger partial charge in [-0.3, -0.25) is 19.9 Å². The second kappa shape index (κ2) is 5.53. The van der Waals surface area contributed by atoms with E-state index < -0.39 is 16.2 Å². The molecule has 21 heavy (non-hydrogen) atoms. The monoisotopic (exact) mass is 309 g/mol. The van der Waals surface area contributed by atoms with Gasteiger partial charge in [-0.15, -0.1) is 0 Å². The van der Waals surface area contributed by atoms with Crippen molar-refractivity contribution in [1.29, 1.82) is 0 Å². The molecule has 0 radical (unpaired) electrons. The van der Waals surface area contributed by atoms with Gasteiger partial charge in [0.25, 0.3) is 11.2 Å². The first kappa shape index (κ1) is 15.0. The lowest BCUT2D eigenvalue weighted by molar-refractivity contribution is -0.384. The summed E-state index contributed by atoms with van der Waals surface area (Å²) < 4.78 is 0.908. The molecule has 0 amide bonds. The highest BCUT2D eigenvalue weighted by atomic mass is 35.5. The number of aromatic nitrogens is 2. The van der Waals surface area contributed by atoms with Crippen molar-refractivity contribution in [2.45, 2.75) is 19.8 Å². The topological polar surface area (TPSA) is 98.0 Å². The molecule has 1 aromatic carbocycles. The van der Waals surface area contributed by atoms with E-state index in [1.54, 1.807) is 13.8 Å². The number of nitrogens with zero attached hydrogens (tertiary/aromatic N) is 2. The molecule has 1 N–H and O–H groups in total. The summed E-state index contributed by atoms with van der Waals surface area (Å²) in [5.74, 6) is -0.175. The Labute approximate surface area is 124 Å². The van der Waals surface area contributed by atoms with E-state index in [0.29, 0.717) is 0 Å². The molecule has 2 rings (SSSR count). The van der Waals surface area contributed by atoms with Gasteiger partial charge < -0.3 is 0 Å². The molecule has 0 aliphatic rings. The fraction of sp³-hybridized carbons (Fsp3) is 0.231. The third-order valence-corrected chi connectivity index (χ3v) is 3.28. The standard InChI is InChI=1S/C13H12ClN3O4/c1-7(2)10-11(14)15-13(19)16(12(10)18)8-3-5-9(6-4-8)17(20)21/h3-7H,1-2H3,(H,15,19). The number of nitro groups is 1. The van der Waals surface area contributed by atoms with Gasteiger partial charge in [0, 0.05) is 12.1 Å². The quantitative estimate of drug-likeness (QED) is 0.534. The first-order valence-electron chi connectivity index (χ1n) is 6.12. The fourth-order valence-corrected chi connectivity index (χ4v) is 2.36. The number of benzene rings is 1. The Bertz CT molecular complexity index is 806. The molecule has 0 bridgehead atoms. The summed E-state index contributed by atoms with van der Waals surface area (Å²) in [6.07, 6.45) is 0. The van der Waals surface area contributed by atoms with Crippen molar-refractivity contribution in [2.24, 2.45) is 0 Å². The Morgan fingerprint density at radius 3 is 2.29 bits per heavy atom. The molecule has 0 fully saturated rings. The van der Waals surface area contributed by atoms with Crippen LogP contribution in [-0.4, -0.2) is 14.5 Å². The van der Waals surface area contributed by atoms with E-state index in [2.05, 4.69) is 4.98 Å². The van der Waals surface area contributed by atoms with Gasteiger partial charge in [0.1, 0.15) is 5.15 Å². The van der Waals surface area contributed by atoms with Crippen LogP contribution in [0.2, 0.25) is 5.15 Å². The Morgan fingerprint density at radius 2 is 1.81 bits per heavy atom. The molecule has 0 saturated heterocycles. The van der Waals surface area contributed by atoms with Crippen LogP contribution >= 0.6 is 11.6 Å². The number of hydrogen-bond donors (Lipinski definition) is 1. The summed E-state index contributed by atoms with van der Waals surface area (Å²) in [4.78, 5) is 36.8. The molecule has 7 nitrogen and oxygen atoms in total. The van der Waals surface area contributed by atoms with Gasteiger partial charge in [-0.25, -0.2) is 9.36 Å². The minimum atomic E-state index is -0.691. The minimum Gasteiger partial charge on any atom is -0.297 e. The minimum absolute atomic E-state index is 0.0122. The molecule has 0 unspecified atom stereocenters. The van der Waals surface area contributed by atoms with E-state index in [1.165, 1.54) is 24.3 Å². The van der Waals surface area contributed by atoms with Crippen molar-refractivity contribution in [1.82, 2.24) is 9.55 Å². The summed E-state index contributed by atoms with van der Waals surface area (Å²) >= 11 is 5.90. The molecular weight excluding hydrogens is 298 g/mol. The van der Waals surface area contributed by atoms with Crippen molar-refractivity contribution in [3.8, 4) is 5.69 Å². The van der Waals surface area contributed by atoms with Crippen LogP contribution in [0, 0.1) is 10.1 Å². The molecule has 1 aromatic heterocycles. The van der Waals surface area contributed by atoms with E-state index in [-0.39, 0.29) is 28.0 Å². The van der Waals surface area contributed by atoms with Gasteiger partial charge in [0.05, 0.1) is 16.2 Å². The van der Waals surface area contributed by atoms with Crippen molar-refractivity contribution in [3.05, 3.63) is 65.9 Å². The van der Waals surface area contributed by atoms with E-state index in [4.69, 9.17) is 11.6 Å². The average molecular weight is 310 g/mol. The summed E-state index contributed by atoms with van der Waals surface area (Å²) in [5.41, 5.74) is -0.822. The van der Waals surface area contributed by atoms with E-state index >= 15 is 0 Å². The highest BCUT2D eigenvalue weighted by molar-refractivity contribution is 6.30. The van der Waals surface area contributed by atoms with Crippen LogP contribution in [0.25, 0.3) is 5.69 Å². The molecule has 110 valence electrons. The fourth-order valence-electron chi connectivity index (χ4n) is 1.98. The summed E-state index contributed by atoms with van der Waals surface area (Å²) in [6.45, 7) is 3.56. The van der Waals surface area contributed by atoms with Crippen LogP contribution in [-0.2, 0) is 0 Å². The van der Waals surface area contributed by atoms with Crippen LogP contribution in [0.4, 0.5) is 5.69 Å². The molecule has 0 aliphatic heterocycles. The number of non-ortho nitro benzene ring substituents is 1. The molecular formula is C13H12ClN3O4. The van der Waals surface area contributed by atoms with Gasteiger partial charge in [0.15, 0.2) is 0 Å². The van der Waals surface area contributed by atoms with Gasteiger partial charge in [0.2, 0.25) is 0 Å². The number of nitro benzene ring substituents is 1. The highest BCUT2D eigenvalue weighted by Crippen LogP contribution is 2.18. The van der Waals surface area contributed by atoms with E-state index in [9.17, 15) is 19.7 Å². The number of rotatable bonds is 3. The summed E-state index contributed by atoms with van der Waals surface area (Å²) in [5, 5.41) is 10.6. The van der Waals surface area contributed by atoms with Crippen LogP contribution in [0.15, 0.2) is 33.9 Å². The van der Waals surface area contributed by atoms with Gasteiger partial charge in [-0.05, 0) is 18.1 Å².